The lowest BCUT2D eigenvalue weighted by atomic mass is 9.90. The van der Waals surface area contributed by atoms with Gasteiger partial charge in [-0.1, -0.05) is 12.1 Å². The summed E-state index contributed by atoms with van der Waals surface area (Å²) in [5, 5.41) is 2.87. The van der Waals surface area contributed by atoms with Gasteiger partial charge in [0.05, 0.1) is 13.2 Å². The van der Waals surface area contributed by atoms with Gasteiger partial charge in [0.25, 0.3) is 5.91 Å². The Morgan fingerprint density at radius 2 is 1.83 bits per heavy atom. The second kappa shape index (κ2) is 8.22. The lowest BCUT2D eigenvalue weighted by molar-refractivity contribution is 0.0729. The Bertz CT molecular complexity index is 1030. The fourth-order valence-electron chi connectivity index (χ4n) is 3.86. The summed E-state index contributed by atoms with van der Waals surface area (Å²) in [6.07, 6.45) is 4.08. The summed E-state index contributed by atoms with van der Waals surface area (Å²) in [5.74, 6) is -1.33. The monoisotopic (exact) mass is 418 g/mol. The third-order valence-electron chi connectivity index (χ3n) is 5.43. The van der Waals surface area contributed by atoms with Gasteiger partial charge >= 0.3 is 0 Å². The van der Waals surface area contributed by atoms with Crippen molar-refractivity contribution in [3.05, 3.63) is 58.9 Å². The van der Waals surface area contributed by atoms with Gasteiger partial charge in [-0.15, -0.1) is 0 Å². The zero-order valence-electron chi connectivity index (χ0n) is 16.0. The number of rotatable bonds is 4. The van der Waals surface area contributed by atoms with Crippen molar-refractivity contribution in [3.63, 3.8) is 0 Å². The molecule has 4 rings (SSSR count). The summed E-state index contributed by atoms with van der Waals surface area (Å²) < 4.78 is 46.4. The van der Waals surface area contributed by atoms with Gasteiger partial charge in [-0.25, -0.2) is 12.8 Å². The number of halogens is 1. The summed E-state index contributed by atoms with van der Waals surface area (Å²) in [5.41, 5.74) is 3.18. The van der Waals surface area contributed by atoms with Crippen LogP contribution in [0.25, 0.3) is 0 Å². The highest BCUT2D eigenvalue weighted by Crippen LogP contribution is 2.28. The van der Waals surface area contributed by atoms with Crippen molar-refractivity contribution in [3.8, 4) is 0 Å². The second-order valence-electron chi connectivity index (χ2n) is 7.27. The molecule has 29 heavy (non-hydrogen) atoms. The molecular weight excluding hydrogens is 395 g/mol. The molecule has 2 aliphatic rings. The average molecular weight is 418 g/mol. The van der Waals surface area contributed by atoms with E-state index in [1.54, 1.807) is 0 Å². The molecule has 1 amide bonds. The normalized spacial score (nSPS) is 17.6. The van der Waals surface area contributed by atoms with Crippen LogP contribution in [-0.2, 0) is 27.6 Å². The average Bonchev–Trinajstić information content (AvgIpc) is 2.75. The van der Waals surface area contributed by atoms with E-state index in [0.29, 0.717) is 0 Å². The molecule has 0 saturated carbocycles. The van der Waals surface area contributed by atoms with Crippen LogP contribution < -0.4 is 5.32 Å². The van der Waals surface area contributed by atoms with Crippen LogP contribution in [0.1, 0.15) is 34.3 Å². The first-order chi connectivity index (χ1) is 14.0. The number of ether oxygens (including phenoxy) is 1. The van der Waals surface area contributed by atoms with Crippen molar-refractivity contribution in [2.45, 2.75) is 30.6 Å². The number of aryl methyl sites for hydroxylation is 1. The quantitative estimate of drug-likeness (QED) is 0.828. The molecule has 2 aromatic rings. The van der Waals surface area contributed by atoms with Gasteiger partial charge in [0, 0.05) is 24.3 Å². The molecule has 1 saturated heterocycles. The number of nitrogens with one attached hydrogen (secondary N) is 1. The molecule has 6 nitrogen and oxygen atoms in total. The molecule has 1 heterocycles. The van der Waals surface area contributed by atoms with Crippen LogP contribution >= 0.6 is 0 Å². The Labute approximate surface area is 169 Å². The Balaban J connectivity index is 1.61. The largest absolute Gasteiger partial charge is 0.379 e. The minimum absolute atomic E-state index is 0.103. The number of hydrogen-bond donors (Lipinski definition) is 1. The Morgan fingerprint density at radius 1 is 1.07 bits per heavy atom. The van der Waals surface area contributed by atoms with E-state index in [4.69, 9.17) is 4.74 Å². The highest BCUT2D eigenvalue weighted by atomic mass is 32.2. The van der Waals surface area contributed by atoms with Crippen LogP contribution in [0.2, 0.25) is 0 Å². The number of sulfonamides is 1. The number of morpholine rings is 1. The lowest BCUT2D eigenvalue weighted by Crippen LogP contribution is -2.41. The smallest absolute Gasteiger partial charge is 0.255 e. The number of benzene rings is 2. The van der Waals surface area contributed by atoms with E-state index < -0.39 is 26.6 Å². The zero-order valence-corrected chi connectivity index (χ0v) is 16.8. The number of carbonyl (C=O) groups excluding carboxylic acids is 1. The molecule has 154 valence electrons. The Morgan fingerprint density at radius 3 is 2.62 bits per heavy atom. The predicted molar refractivity (Wildman–Crippen MR) is 107 cm³/mol. The molecule has 1 N–H and O–H groups in total. The summed E-state index contributed by atoms with van der Waals surface area (Å²) in [6.45, 7) is 0.850. The zero-order chi connectivity index (χ0) is 20.4. The maximum Gasteiger partial charge on any atom is 0.255 e. The molecule has 0 unspecified atom stereocenters. The minimum Gasteiger partial charge on any atom is -0.379 e. The number of carbonyl (C=O) groups is 1. The van der Waals surface area contributed by atoms with Crippen LogP contribution in [0, 0.1) is 5.82 Å². The number of hydrogen-bond acceptors (Lipinski definition) is 4. The predicted octanol–water partition coefficient (Wildman–Crippen LogP) is 2.98. The van der Waals surface area contributed by atoms with E-state index in [9.17, 15) is 17.6 Å². The first-order valence-corrected chi connectivity index (χ1v) is 11.2. The van der Waals surface area contributed by atoms with Crippen LogP contribution in [0.15, 0.2) is 41.3 Å². The van der Waals surface area contributed by atoms with E-state index in [2.05, 4.69) is 11.4 Å². The molecular formula is C21H23FN2O4S. The SMILES string of the molecule is O=C(Nc1cccc2c1CCCC2)c1ccc(F)c(S(=O)(=O)N2CCOCC2)c1. The third-order valence-corrected chi connectivity index (χ3v) is 7.34. The third kappa shape index (κ3) is 4.05. The number of nitrogens with zero attached hydrogens (tertiary/aromatic N) is 1. The highest BCUT2D eigenvalue weighted by molar-refractivity contribution is 7.89. The van der Waals surface area contributed by atoms with Crippen molar-refractivity contribution in [1.82, 2.24) is 4.31 Å². The van der Waals surface area contributed by atoms with Gasteiger partial charge in [0.2, 0.25) is 10.0 Å². The van der Waals surface area contributed by atoms with Gasteiger partial charge in [-0.05, 0) is 61.1 Å². The first kappa shape index (κ1) is 20.0. The van der Waals surface area contributed by atoms with Gasteiger partial charge in [-0.3, -0.25) is 4.79 Å². The van der Waals surface area contributed by atoms with Gasteiger partial charge < -0.3 is 10.1 Å². The Hall–Kier alpha value is -2.29. The van der Waals surface area contributed by atoms with E-state index >= 15 is 0 Å². The van der Waals surface area contributed by atoms with Gasteiger partial charge in [0.15, 0.2) is 0 Å². The summed E-state index contributed by atoms with van der Waals surface area (Å²) in [7, 11) is -4.04. The van der Waals surface area contributed by atoms with Crippen LogP contribution in [0.4, 0.5) is 10.1 Å². The number of anilines is 1. The van der Waals surface area contributed by atoms with Gasteiger partial charge in [0.1, 0.15) is 10.7 Å². The molecule has 0 radical (unpaired) electrons. The highest BCUT2D eigenvalue weighted by Gasteiger charge is 2.30. The molecule has 1 aliphatic heterocycles. The van der Waals surface area contributed by atoms with Crippen LogP contribution in [0.5, 0.6) is 0 Å². The topological polar surface area (TPSA) is 75.7 Å². The molecule has 1 aliphatic carbocycles. The fourth-order valence-corrected chi connectivity index (χ4v) is 5.36. The maximum atomic E-state index is 14.4. The van der Waals surface area contributed by atoms with Crippen molar-refractivity contribution in [2.24, 2.45) is 0 Å². The maximum absolute atomic E-state index is 14.4. The van der Waals surface area contributed by atoms with Crippen LogP contribution in [-0.4, -0.2) is 44.9 Å². The van der Waals surface area contributed by atoms with Crippen molar-refractivity contribution in [2.75, 3.05) is 31.6 Å². The molecule has 0 atom stereocenters. The van der Waals surface area contributed by atoms with E-state index in [-0.39, 0.29) is 31.9 Å². The summed E-state index contributed by atoms with van der Waals surface area (Å²) >= 11 is 0. The fraction of sp³-hybridized carbons (Fsp3) is 0.381. The molecule has 0 aromatic heterocycles. The van der Waals surface area contributed by atoms with Crippen molar-refractivity contribution >= 4 is 21.6 Å². The first-order valence-electron chi connectivity index (χ1n) is 9.76. The lowest BCUT2D eigenvalue weighted by Gasteiger charge is -2.26. The Kier molecular flexibility index (Phi) is 5.67. The molecule has 0 bridgehead atoms. The van der Waals surface area contributed by atoms with E-state index in [0.717, 1.165) is 49.1 Å². The standard InChI is InChI=1S/C21H23FN2O4S/c22-18-9-8-16(14-20(18)29(26,27)24-10-12-28-13-11-24)21(25)23-19-7-3-5-15-4-1-2-6-17(15)19/h3,5,7-9,14H,1-2,4,6,10-13H2,(H,23,25). The molecule has 2 aromatic carbocycles. The molecule has 8 heteroatoms. The molecule has 1 fully saturated rings. The molecule has 0 spiro atoms. The number of fused-ring (bicyclic) bond motifs is 1. The minimum atomic E-state index is -4.04. The second-order valence-corrected chi connectivity index (χ2v) is 9.17. The van der Waals surface area contributed by atoms with Gasteiger partial charge in [-0.2, -0.15) is 4.31 Å². The summed E-state index contributed by atoms with van der Waals surface area (Å²) in [4.78, 5) is 12.3. The van der Waals surface area contributed by atoms with Crippen molar-refractivity contribution in [1.29, 1.82) is 0 Å². The van der Waals surface area contributed by atoms with Crippen molar-refractivity contribution < 1.29 is 22.3 Å². The number of amides is 1. The van der Waals surface area contributed by atoms with Crippen LogP contribution in [0.3, 0.4) is 0 Å². The van der Waals surface area contributed by atoms with E-state index in [1.165, 1.54) is 15.9 Å². The summed E-state index contributed by atoms with van der Waals surface area (Å²) in [6, 6.07) is 9.26. The van der Waals surface area contributed by atoms with E-state index in [1.807, 2.05) is 12.1 Å².